The molecule has 2 N–H and O–H groups in total. The number of aromatic nitrogens is 2. The third-order valence-electron chi connectivity index (χ3n) is 2.60. The first-order chi connectivity index (χ1) is 10.1. The van der Waals surface area contributed by atoms with E-state index in [2.05, 4.69) is 36.5 Å². The van der Waals surface area contributed by atoms with Crippen LogP contribution < -0.4 is 10.6 Å². The van der Waals surface area contributed by atoms with Gasteiger partial charge in [-0.1, -0.05) is 15.9 Å². The van der Waals surface area contributed by atoms with Crippen LogP contribution in [0.25, 0.3) is 0 Å². The molecular formula is C12H9BrN6O2. The highest BCUT2D eigenvalue weighted by molar-refractivity contribution is 9.10. The van der Waals surface area contributed by atoms with Gasteiger partial charge in [-0.25, -0.2) is 9.97 Å². The summed E-state index contributed by atoms with van der Waals surface area (Å²) in [5, 5.41) is 25.7. The van der Waals surface area contributed by atoms with E-state index in [0.29, 0.717) is 11.3 Å². The average molecular weight is 349 g/mol. The van der Waals surface area contributed by atoms with E-state index in [4.69, 9.17) is 5.26 Å². The second-order valence-corrected chi connectivity index (χ2v) is 4.77. The number of benzene rings is 1. The largest absolute Gasteiger partial charge is 0.367 e. The smallest absolute Gasteiger partial charge is 0.353 e. The second kappa shape index (κ2) is 6.15. The first-order valence-corrected chi connectivity index (χ1v) is 6.50. The molecule has 1 aromatic heterocycles. The summed E-state index contributed by atoms with van der Waals surface area (Å²) >= 11 is 3.26. The summed E-state index contributed by atoms with van der Waals surface area (Å²) in [6.45, 7) is 0. The molecule has 2 rings (SSSR count). The number of rotatable bonds is 4. The van der Waals surface area contributed by atoms with Crippen LogP contribution in [-0.2, 0) is 0 Å². The fourth-order valence-corrected chi connectivity index (χ4v) is 2.03. The van der Waals surface area contributed by atoms with Crippen LogP contribution in [0.4, 0.5) is 23.0 Å². The highest BCUT2D eigenvalue weighted by Gasteiger charge is 2.22. The van der Waals surface area contributed by atoms with Gasteiger partial charge in [-0.05, 0) is 18.2 Å². The lowest BCUT2D eigenvalue weighted by atomic mass is 10.2. The fraction of sp³-hybridized carbons (Fsp3) is 0.0833. The van der Waals surface area contributed by atoms with Crippen molar-refractivity contribution in [2.45, 2.75) is 0 Å². The van der Waals surface area contributed by atoms with Gasteiger partial charge in [-0.3, -0.25) is 10.1 Å². The van der Waals surface area contributed by atoms with Gasteiger partial charge in [0.25, 0.3) is 0 Å². The van der Waals surface area contributed by atoms with E-state index in [1.807, 2.05) is 6.07 Å². The van der Waals surface area contributed by atoms with Gasteiger partial charge < -0.3 is 10.6 Å². The van der Waals surface area contributed by atoms with E-state index in [9.17, 15) is 10.1 Å². The topological polar surface area (TPSA) is 117 Å². The van der Waals surface area contributed by atoms with Gasteiger partial charge in [0.2, 0.25) is 11.6 Å². The van der Waals surface area contributed by atoms with Gasteiger partial charge in [0.05, 0.1) is 16.2 Å². The molecule has 0 bridgehead atoms. The molecule has 2 aromatic rings. The Balaban J connectivity index is 2.50. The van der Waals surface area contributed by atoms with Gasteiger partial charge in [0.15, 0.2) is 0 Å². The van der Waals surface area contributed by atoms with E-state index < -0.39 is 4.92 Å². The van der Waals surface area contributed by atoms with E-state index >= 15 is 0 Å². The summed E-state index contributed by atoms with van der Waals surface area (Å²) in [6.07, 6.45) is 1.20. The molecule has 0 fully saturated rings. The third-order valence-corrected chi connectivity index (χ3v) is 3.09. The number of nitrogens with zero attached hydrogens (tertiary/aromatic N) is 4. The quantitative estimate of drug-likeness (QED) is 0.644. The lowest BCUT2D eigenvalue weighted by molar-refractivity contribution is -0.383. The third kappa shape index (κ3) is 3.06. The summed E-state index contributed by atoms with van der Waals surface area (Å²) < 4.78 is 0.734. The van der Waals surface area contributed by atoms with Crippen LogP contribution in [0.3, 0.4) is 0 Å². The molecule has 0 spiro atoms. The number of anilines is 3. The van der Waals surface area contributed by atoms with Crippen molar-refractivity contribution < 1.29 is 4.92 Å². The Hall–Kier alpha value is -2.73. The fourth-order valence-electron chi connectivity index (χ4n) is 1.67. The molecular weight excluding hydrogens is 340 g/mol. The molecule has 0 aliphatic heterocycles. The Kier molecular flexibility index (Phi) is 4.30. The molecule has 0 amide bonds. The number of halogens is 1. The zero-order valence-corrected chi connectivity index (χ0v) is 12.4. The van der Waals surface area contributed by atoms with Gasteiger partial charge >= 0.3 is 5.69 Å². The minimum Gasteiger partial charge on any atom is -0.367 e. The van der Waals surface area contributed by atoms with Crippen molar-refractivity contribution in [1.29, 1.82) is 5.26 Å². The summed E-state index contributed by atoms with van der Waals surface area (Å²) in [6, 6.07) is 6.97. The highest BCUT2D eigenvalue weighted by Crippen LogP contribution is 2.32. The molecule has 0 saturated heterocycles. The Labute approximate surface area is 128 Å². The maximum atomic E-state index is 11.2. The second-order valence-electron chi connectivity index (χ2n) is 3.85. The minimum absolute atomic E-state index is 0.0122. The van der Waals surface area contributed by atoms with Crippen LogP contribution in [-0.4, -0.2) is 21.9 Å². The van der Waals surface area contributed by atoms with Crippen LogP contribution in [0.1, 0.15) is 5.56 Å². The van der Waals surface area contributed by atoms with Crippen molar-refractivity contribution in [2.24, 2.45) is 0 Å². The number of hydrogen-bond donors (Lipinski definition) is 2. The number of nitro groups is 1. The van der Waals surface area contributed by atoms with E-state index in [0.717, 1.165) is 4.47 Å². The molecule has 8 nitrogen and oxygen atoms in total. The summed E-state index contributed by atoms with van der Waals surface area (Å²) in [4.78, 5) is 18.3. The maximum absolute atomic E-state index is 11.2. The average Bonchev–Trinajstić information content (AvgIpc) is 2.48. The molecule has 0 aliphatic carbocycles. The molecule has 106 valence electrons. The zero-order valence-electron chi connectivity index (χ0n) is 10.8. The first-order valence-electron chi connectivity index (χ1n) is 5.70. The summed E-state index contributed by atoms with van der Waals surface area (Å²) in [7, 11) is 1.53. The van der Waals surface area contributed by atoms with Crippen LogP contribution in [0.2, 0.25) is 0 Å². The lowest BCUT2D eigenvalue weighted by Crippen LogP contribution is -2.06. The zero-order chi connectivity index (χ0) is 15.4. The van der Waals surface area contributed by atoms with E-state index in [1.165, 1.54) is 13.4 Å². The normalized spacial score (nSPS) is 9.76. The number of nitrogens with one attached hydrogen (secondary N) is 2. The minimum atomic E-state index is -0.584. The molecule has 1 heterocycles. The van der Waals surface area contributed by atoms with Crippen molar-refractivity contribution in [2.75, 3.05) is 17.7 Å². The van der Waals surface area contributed by atoms with Crippen molar-refractivity contribution in [3.05, 3.63) is 44.7 Å². The SMILES string of the molecule is CNc1ncnc(Nc2ccc(Br)cc2C#N)c1[N+](=O)[O-]. The van der Waals surface area contributed by atoms with E-state index in [1.54, 1.807) is 18.2 Å². The van der Waals surface area contributed by atoms with Crippen LogP contribution in [0, 0.1) is 21.4 Å². The standard InChI is InChI=1S/C12H9BrN6O2/c1-15-11-10(19(20)21)12(17-6-16-11)18-9-3-2-8(13)4-7(9)5-14/h2-4,6H,1H3,(H2,15,16,17,18). The Morgan fingerprint density at radius 2 is 2.10 bits per heavy atom. The van der Waals surface area contributed by atoms with Gasteiger partial charge in [-0.15, -0.1) is 0 Å². The molecule has 1 aromatic carbocycles. The number of hydrogen-bond acceptors (Lipinski definition) is 7. The highest BCUT2D eigenvalue weighted by atomic mass is 79.9. The Morgan fingerprint density at radius 1 is 1.38 bits per heavy atom. The molecule has 0 unspecified atom stereocenters. The van der Waals surface area contributed by atoms with Gasteiger partial charge in [0.1, 0.15) is 12.4 Å². The van der Waals surface area contributed by atoms with Gasteiger partial charge in [0, 0.05) is 11.5 Å². The summed E-state index contributed by atoms with van der Waals surface area (Å²) in [5.74, 6) is 0.103. The summed E-state index contributed by atoms with van der Waals surface area (Å²) in [5.41, 5.74) is 0.472. The predicted octanol–water partition coefficient (Wildman–Crippen LogP) is 2.80. The van der Waals surface area contributed by atoms with Crippen LogP contribution in [0.5, 0.6) is 0 Å². The molecule has 21 heavy (non-hydrogen) atoms. The van der Waals surface area contributed by atoms with Crippen LogP contribution >= 0.6 is 15.9 Å². The van der Waals surface area contributed by atoms with Gasteiger partial charge in [-0.2, -0.15) is 5.26 Å². The molecule has 0 aliphatic rings. The van der Waals surface area contributed by atoms with Crippen molar-refractivity contribution in [3.8, 4) is 6.07 Å². The molecule has 0 atom stereocenters. The maximum Gasteiger partial charge on any atom is 0.353 e. The van der Waals surface area contributed by atoms with Crippen molar-refractivity contribution >= 4 is 38.9 Å². The molecule has 9 heteroatoms. The lowest BCUT2D eigenvalue weighted by Gasteiger charge is -2.09. The monoisotopic (exact) mass is 348 g/mol. The molecule has 0 saturated carbocycles. The number of nitriles is 1. The predicted molar refractivity (Wildman–Crippen MR) is 80.4 cm³/mol. The van der Waals surface area contributed by atoms with E-state index in [-0.39, 0.29) is 17.3 Å². The first kappa shape index (κ1) is 14.7. The van der Waals surface area contributed by atoms with Crippen molar-refractivity contribution in [3.63, 3.8) is 0 Å². The Bertz CT molecular complexity index is 743. The Morgan fingerprint density at radius 3 is 2.71 bits per heavy atom. The molecule has 0 radical (unpaired) electrons. The van der Waals surface area contributed by atoms with Crippen LogP contribution in [0.15, 0.2) is 29.0 Å². The van der Waals surface area contributed by atoms with Crippen molar-refractivity contribution in [1.82, 2.24) is 9.97 Å².